The minimum Gasteiger partial charge on any atom is -0.298 e. The Morgan fingerprint density at radius 3 is 2.87 bits per heavy atom. The Balaban J connectivity index is 2.75. The maximum Gasteiger partial charge on any atom is 0.320 e. The van der Waals surface area contributed by atoms with Crippen LogP contribution in [0.2, 0.25) is 5.02 Å². The zero-order chi connectivity index (χ0) is 11.0. The summed E-state index contributed by atoms with van der Waals surface area (Å²) in [4.78, 5) is 14.3. The fourth-order valence-electron chi connectivity index (χ4n) is 1.33. The molecule has 0 aliphatic rings. The first-order valence-electron chi connectivity index (χ1n) is 4.03. The molecule has 0 amide bonds. The molecule has 2 aromatic rings. The van der Waals surface area contributed by atoms with Crippen LogP contribution in [0.4, 0.5) is 8.78 Å². The molecule has 0 spiro atoms. The highest BCUT2D eigenvalue weighted by Gasteiger charge is 2.14. The van der Waals surface area contributed by atoms with Crippen LogP contribution in [0.5, 0.6) is 0 Å². The van der Waals surface area contributed by atoms with E-state index in [0.29, 0.717) is 16.2 Å². The quantitative estimate of drug-likeness (QED) is 0.744. The van der Waals surface area contributed by atoms with E-state index in [0.717, 1.165) is 0 Å². The lowest BCUT2D eigenvalue weighted by Crippen LogP contribution is -1.97. The number of alkyl halides is 2. The molecule has 0 atom stereocenters. The Labute approximate surface area is 88.3 Å². The third kappa shape index (κ3) is 1.48. The number of rotatable bonds is 2. The normalized spacial score (nSPS) is 11.2. The van der Waals surface area contributed by atoms with Gasteiger partial charge < -0.3 is 0 Å². The van der Waals surface area contributed by atoms with Gasteiger partial charge in [-0.1, -0.05) is 11.6 Å². The van der Waals surface area contributed by atoms with Crippen LogP contribution in [-0.4, -0.2) is 15.8 Å². The Morgan fingerprint density at radius 2 is 2.27 bits per heavy atom. The van der Waals surface area contributed by atoms with Crippen molar-refractivity contribution >= 4 is 28.9 Å². The number of hydrogen-bond donors (Lipinski definition) is 0. The van der Waals surface area contributed by atoms with Crippen molar-refractivity contribution < 1.29 is 13.6 Å². The number of aromatic nitrogens is 2. The van der Waals surface area contributed by atoms with E-state index < -0.39 is 6.55 Å². The lowest BCUT2D eigenvalue weighted by Gasteiger charge is -2.03. The molecule has 0 radical (unpaired) electrons. The maximum atomic E-state index is 12.5. The summed E-state index contributed by atoms with van der Waals surface area (Å²) in [7, 11) is 0. The second-order valence-electron chi connectivity index (χ2n) is 2.88. The van der Waals surface area contributed by atoms with E-state index in [2.05, 4.69) is 4.98 Å². The topological polar surface area (TPSA) is 34.9 Å². The van der Waals surface area contributed by atoms with E-state index in [-0.39, 0.29) is 16.2 Å². The number of hydrogen-bond acceptors (Lipinski definition) is 2. The largest absolute Gasteiger partial charge is 0.320 e. The van der Waals surface area contributed by atoms with Crippen molar-refractivity contribution in [3.05, 3.63) is 29.0 Å². The van der Waals surface area contributed by atoms with E-state index in [1.54, 1.807) is 0 Å². The summed E-state index contributed by atoms with van der Waals surface area (Å²) in [6.07, 6.45) is 2.90. The van der Waals surface area contributed by atoms with Gasteiger partial charge in [0.2, 0.25) is 0 Å². The molecule has 0 aliphatic heterocycles. The first kappa shape index (κ1) is 10.0. The highest BCUT2D eigenvalue weighted by molar-refractivity contribution is 6.37. The van der Waals surface area contributed by atoms with Gasteiger partial charge in [0.1, 0.15) is 5.65 Å². The van der Waals surface area contributed by atoms with Gasteiger partial charge in [-0.3, -0.25) is 9.36 Å². The molecule has 78 valence electrons. The van der Waals surface area contributed by atoms with E-state index in [1.807, 2.05) is 0 Å². The van der Waals surface area contributed by atoms with Gasteiger partial charge in [-0.2, -0.15) is 8.78 Å². The summed E-state index contributed by atoms with van der Waals surface area (Å²) in [6, 6.07) is 1.41. The minimum atomic E-state index is -2.67. The van der Waals surface area contributed by atoms with Gasteiger partial charge >= 0.3 is 6.55 Å². The first-order chi connectivity index (χ1) is 7.15. The molecule has 0 aromatic carbocycles. The Bertz CT molecular complexity index is 524. The highest BCUT2D eigenvalue weighted by Crippen LogP contribution is 2.27. The van der Waals surface area contributed by atoms with Crippen LogP contribution in [-0.2, 0) is 0 Å². The van der Waals surface area contributed by atoms with Crippen LogP contribution >= 0.6 is 11.6 Å². The molecule has 0 fully saturated rings. The number of halogens is 3. The lowest BCUT2D eigenvalue weighted by molar-refractivity contribution is 0.0746. The molecule has 0 aliphatic carbocycles. The Kier molecular flexibility index (Phi) is 2.40. The van der Waals surface area contributed by atoms with Gasteiger partial charge in [-0.05, 0) is 6.07 Å². The Hall–Kier alpha value is -1.49. The number of pyridine rings is 1. The van der Waals surface area contributed by atoms with Crippen LogP contribution in [0.25, 0.3) is 11.0 Å². The standard InChI is InChI=1S/C9H5ClF2N2O/c10-7-5(4-15)3-13-8-6(7)1-2-14(8)9(11)12/h1-4,9H. The van der Waals surface area contributed by atoms with Crippen molar-refractivity contribution in [3.63, 3.8) is 0 Å². The average molecular weight is 231 g/mol. The summed E-state index contributed by atoms with van der Waals surface area (Å²) < 4.78 is 25.6. The fraction of sp³-hybridized carbons (Fsp3) is 0.111. The van der Waals surface area contributed by atoms with Crippen LogP contribution in [0.3, 0.4) is 0 Å². The van der Waals surface area contributed by atoms with E-state index in [1.165, 1.54) is 18.5 Å². The lowest BCUT2D eigenvalue weighted by atomic mass is 10.2. The highest BCUT2D eigenvalue weighted by atomic mass is 35.5. The summed E-state index contributed by atoms with van der Waals surface area (Å²) >= 11 is 5.83. The molecule has 0 bridgehead atoms. The van der Waals surface area contributed by atoms with E-state index in [9.17, 15) is 13.6 Å². The van der Waals surface area contributed by atoms with Gasteiger partial charge in [0.05, 0.1) is 10.6 Å². The number of fused-ring (bicyclic) bond motifs is 1. The summed E-state index contributed by atoms with van der Waals surface area (Å²) in [5.41, 5.74) is 0.261. The SMILES string of the molecule is O=Cc1cnc2c(ccn2C(F)F)c1Cl. The van der Waals surface area contributed by atoms with Crippen molar-refractivity contribution in [3.8, 4) is 0 Å². The monoisotopic (exact) mass is 230 g/mol. The van der Waals surface area contributed by atoms with Crippen molar-refractivity contribution in [1.82, 2.24) is 9.55 Å². The zero-order valence-corrected chi connectivity index (χ0v) is 8.08. The zero-order valence-electron chi connectivity index (χ0n) is 7.32. The molecule has 0 N–H and O–H groups in total. The number of aldehydes is 1. The predicted molar refractivity (Wildman–Crippen MR) is 51.4 cm³/mol. The van der Waals surface area contributed by atoms with E-state index >= 15 is 0 Å². The van der Waals surface area contributed by atoms with Crippen molar-refractivity contribution in [2.24, 2.45) is 0 Å². The van der Waals surface area contributed by atoms with Gasteiger partial charge in [0.25, 0.3) is 0 Å². The third-order valence-corrected chi connectivity index (χ3v) is 2.46. The number of carbonyl (C=O) groups excluding carboxylic acids is 1. The third-order valence-electron chi connectivity index (χ3n) is 2.04. The number of carbonyl (C=O) groups is 1. The van der Waals surface area contributed by atoms with Crippen LogP contribution < -0.4 is 0 Å². The predicted octanol–water partition coefficient (Wildman–Crippen LogP) is 2.90. The molecule has 3 nitrogen and oxygen atoms in total. The van der Waals surface area contributed by atoms with Gasteiger partial charge in [0.15, 0.2) is 6.29 Å². The second kappa shape index (κ2) is 3.58. The van der Waals surface area contributed by atoms with E-state index in [4.69, 9.17) is 11.6 Å². The van der Waals surface area contributed by atoms with Crippen molar-refractivity contribution in [2.45, 2.75) is 6.55 Å². The molecule has 6 heteroatoms. The molecule has 2 aromatic heterocycles. The summed E-state index contributed by atoms with van der Waals surface area (Å²) in [5.74, 6) is 0. The van der Waals surface area contributed by atoms with Crippen LogP contribution in [0.1, 0.15) is 16.9 Å². The maximum absolute atomic E-state index is 12.5. The minimum absolute atomic E-state index is 0.0700. The Morgan fingerprint density at radius 1 is 1.53 bits per heavy atom. The molecule has 2 heterocycles. The van der Waals surface area contributed by atoms with Crippen molar-refractivity contribution in [1.29, 1.82) is 0 Å². The van der Waals surface area contributed by atoms with Gasteiger partial charge in [0, 0.05) is 17.8 Å². The van der Waals surface area contributed by atoms with Crippen LogP contribution in [0, 0.1) is 0 Å². The van der Waals surface area contributed by atoms with Crippen LogP contribution in [0.15, 0.2) is 18.5 Å². The molecular formula is C9H5ClF2N2O. The molecular weight excluding hydrogens is 226 g/mol. The summed E-state index contributed by atoms with van der Waals surface area (Å²) in [6.45, 7) is -2.67. The van der Waals surface area contributed by atoms with Gasteiger partial charge in [-0.15, -0.1) is 0 Å². The average Bonchev–Trinajstić information content (AvgIpc) is 2.62. The molecule has 15 heavy (non-hydrogen) atoms. The molecule has 2 rings (SSSR count). The smallest absolute Gasteiger partial charge is 0.298 e. The first-order valence-corrected chi connectivity index (χ1v) is 4.41. The van der Waals surface area contributed by atoms with Crippen molar-refractivity contribution in [2.75, 3.05) is 0 Å². The van der Waals surface area contributed by atoms with Gasteiger partial charge in [-0.25, -0.2) is 4.98 Å². The molecule has 0 saturated carbocycles. The fourth-order valence-corrected chi connectivity index (χ4v) is 1.57. The molecule has 0 unspecified atom stereocenters. The number of nitrogens with zero attached hydrogens (tertiary/aromatic N) is 2. The molecule has 0 saturated heterocycles. The summed E-state index contributed by atoms with van der Waals surface area (Å²) in [5, 5.41) is 0.496. The second-order valence-corrected chi connectivity index (χ2v) is 3.26.